The van der Waals surface area contributed by atoms with Gasteiger partial charge in [-0.05, 0) is 51.5 Å². The zero-order valence-electron chi connectivity index (χ0n) is 12.0. The summed E-state index contributed by atoms with van der Waals surface area (Å²) < 4.78 is 0. The van der Waals surface area contributed by atoms with Crippen molar-refractivity contribution in [2.24, 2.45) is 0 Å². The van der Waals surface area contributed by atoms with Crippen LogP contribution in [0.25, 0.3) is 0 Å². The van der Waals surface area contributed by atoms with E-state index in [1.807, 2.05) is 11.3 Å². The minimum Gasteiger partial charge on any atom is -0.302 e. The van der Waals surface area contributed by atoms with E-state index in [9.17, 15) is 0 Å². The third-order valence-corrected chi connectivity index (χ3v) is 4.85. The lowest BCUT2D eigenvalue weighted by atomic mass is 10.2. The fourth-order valence-corrected chi connectivity index (χ4v) is 3.82. The SMILES string of the molecule is CCCN1CC[C@@H](N(CC)Cc2ccc(C)s2)C1. The van der Waals surface area contributed by atoms with Crippen molar-refractivity contribution in [1.82, 2.24) is 9.80 Å². The highest BCUT2D eigenvalue weighted by Gasteiger charge is 2.26. The van der Waals surface area contributed by atoms with Crippen LogP contribution in [0.4, 0.5) is 0 Å². The lowest BCUT2D eigenvalue weighted by molar-refractivity contribution is 0.195. The summed E-state index contributed by atoms with van der Waals surface area (Å²) in [4.78, 5) is 8.22. The normalized spacial score (nSPS) is 21.0. The molecule has 0 unspecified atom stereocenters. The lowest BCUT2D eigenvalue weighted by Crippen LogP contribution is -2.36. The number of likely N-dealkylation sites (tertiary alicyclic amines) is 1. The molecule has 1 atom stereocenters. The average molecular weight is 266 g/mol. The molecule has 0 radical (unpaired) electrons. The van der Waals surface area contributed by atoms with Gasteiger partial charge >= 0.3 is 0 Å². The van der Waals surface area contributed by atoms with Gasteiger partial charge in [-0.3, -0.25) is 4.90 Å². The van der Waals surface area contributed by atoms with Crippen LogP contribution in [0.1, 0.15) is 36.4 Å². The summed E-state index contributed by atoms with van der Waals surface area (Å²) in [6.45, 7) is 12.9. The molecule has 0 aliphatic carbocycles. The third kappa shape index (κ3) is 3.56. The molecule has 0 saturated carbocycles. The van der Waals surface area contributed by atoms with Gasteiger partial charge in [0.15, 0.2) is 0 Å². The molecule has 18 heavy (non-hydrogen) atoms. The van der Waals surface area contributed by atoms with Gasteiger partial charge in [0.2, 0.25) is 0 Å². The largest absolute Gasteiger partial charge is 0.302 e. The summed E-state index contributed by atoms with van der Waals surface area (Å²) in [5.41, 5.74) is 0. The van der Waals surface area contributed by atoms with Gasteiger partial charge in [-0.2, -0.15) is 0 Å². The van der Waals surface area contributed by atoms with Crippen LogP contribution in [0.2, 0.25) is 0 Å². The first-order valence-electron chi connectivity index (χ1n) is 7.24. The summed E-state index contributed by atoms with van der Waals surface area (Å²) in [7, 11) is 0. The van der Waals surface area contributed by atoms with Crippen LogP contribution >= 0.6 is 11.3 Å². The highest BCUT2D eigenvalue weighted by Crippen LogP contribution is 2.22. The monoisotopic (exact) mass is 266 g/mol. The van der Waals surface area contributed by atoms with Gasteiger partial charge in [0, 0.05) is 28.9 Å². The van der Waals surface area contributed by atoms with Crippen LogP contribution in [0.5, 0.6) is 0 Å². The minimum atomic E-state index is 0.768. The molecule has 0 aromatic carbocycles. The Morgan fingerprint density at radius 1 is 1.39 bits per heavy atom. The molecule has 0 N–H and O–H groups in total. The van der Waals surface area contributed by atoms with Crippen molar-refractivity contribution in [3.05, 3.63) is 21.9 Å². The molecule has 0 amide bonds. The number of aryl methyl sites for hydroxylation is 1. The van der Waals surface area contributed by atoms with E-state index in [4.69, 9.17) is 0 Å². The van der Waals surface area contributed by atoms with E-state index in [1.165, 1.54) is 48.8 Å². The van der Waals surface area contributed by atoms with E-state index in [0.717, 1.165) is 12.6 Å². The highest BCUT2D eigenvalue weighted by atomic mass is 32.1. The predicted octanol–water partition coefficient (Wildman–Crippen LogP) is 3.36. The van der Waals surface area contributed by atoms with Gasteiger partial charge in [-0.1, -0.05) is 13.8 Å². The number of rotatable bonds is 6. The fraction of sp³-hybridized carbons (Fsp3) is 0.733. The first-order chi connectivity index (χ1) is 8.72. The Bertz CT molecular complexity index is 361. The molecule has 1 aliphatic rings. The molecule has 0 bridgehead atoms. The average Bonchev–Trinajstić information content (AvgIpc) is 2.96. The van der Waals surface area contributed by atoms with Crippen LogP contribution in [0.3, 0.4) is 0 Å². The molecule has 1 saturated heterocycles. The molecule has 1 aromatic rings. The van der Waals surface area contributed by atoms with Crippen molar-refractivity contribution < 1.29 is 0 Å². The van der Waals surface area contributed by atoms with Crippen LogP contribution in [-0.4, -0.2) is 42.0 Å². The van der Waals surface area contributed by atoms with Crippen LogP contribution in [-0.2, 0) is 6.54 Å². The summed E-state index contributed by atoms with van der Waals surface area (Å²) in [5.74, 6) is 0. The molecule has 2 rings (SSSR count). The molecule has 2 nitrogen and oxygen atoms in total. The third-order valence-electron chi connectivity index (χ3n) is 3.86. The van der Waals surface area contributed by atoms with E-state index in [1.54, 1.807) is 0 Å². The number of thiophene rings is 1. The number of likely N-dealkylation sites (N-methyl/N-ethyl adjacent to an activating group) is 1. The molecule has 3 heteroatoms. The maximum absolute atomic E-state index is 2.65. The van der Waals surface area contributed by atoms with E-state index in [0.29, 0.717) is 0 Å². The molecule has 0 spiro atoms. The van der Waals surface area contributed by atoms with Crippen molar-refractivity contribution in [3.8, 4) is 0 Å². The first-order valence-corrected chi connectivity index (χ1v) is 8.06. The predicted molar refractivity (Wildman–Crippen MR) is 80.3 cm³/mol. The van der Waals surface area contributed by atoms with Gasteiger partial charge in [0.25, 0.3) is 0 Å². The van der Waals surface area contributed by atoms with Crippen LogP contribution in [0.15, 0.2) is 12.1 Å². The standard InChI is InChI=1S/C15H26N2S/c1-4-9-16-10-8-14(11-16)17(5-2)12-15-7-6-13(3)18-15/h6-7,14H,4-5,8-12H2,1-3H3/t14-/m1/s1. The van der Waals surface area contributed by atoms with Gasteiger partial charge in [-0.25, -0.2) is 0 Å². The fourth-order valence-electron chi connectivity index (χ4n) is 2.90. The second-order valence-corrected chi connectivity index (χ2v) is 6.69. The van der Waals surface area contributed by atoms with Crippen molar-refractivity contribution in [2.75, 3.05) is 26.2 Å². The molecule has 1 fully saturated rings. The highest BCUT2D eigenvalue weighted by molar-refractivity contribution is 7.11. The summed E-state index contributed by atoms with van der Waals surface area (Å²) in [6, 6.07) is 5.30. The van der Waals surface area contributed by atoms with E-state index < -0.39 is 0 Å². The van der Waals surface area contributed by atoms with Gasteiger partial charge in [-0.15, -0.1) is 11.3 Å². The molecule has 2 heterocycles. The second-order valence-electron chi connectivity index (χ2n) is 5.32. The van der Waals surface area contributed by atoms with Crippen molar-refractivity contribution in [1.29, 1.82) is 0 Å². The van der Waals surface area contributed by atoms with E-state index >= 15 is 0 Å². The quantitative estimate of drug-likeness (QED) is 0.779. The van der Waals surface area contributed by atoms with Crippen molar-refractivity contribution in [2.45, 2.75) is 46.2 Å². The van der Waals surface area contributed by atoms with Gasteiger partial charge in [0.05, 0.1) is 0 Å². The Morgan fingerprint density at radius 2 is 2.22 bits per heavy atom. The van der Waals surface area contributed by atoms with Crippen molar-refractivity contribution >= 4 is 11.3 Å². The topological polar surface area (TPSA) is 6.48 Å². The molecule has 1 aromatic heterocycles. The van der Waals surface area contributed by atoms with E-state index in [-0.39, 0.29) is 0 Å². The maximum atomic E-state index is 2.65. The summed E-state index contributed by atoms with van der Waals surface area (Å²) in [6.07, 6.45) is 2.63. The molecule has 1 aliphatic heterocycles. The van der Waals surface area contributed by atoms with Crippen molar-refractivity contribution in [3.63, 3.8) is 0 Å². The maximum Gasteiger partial charge on any atom is 0.0331 e. The Hall–Kier alpha value is -0.380. The van der Waals surface area contributed by atoms with Gasteiger partial charge in [0.1, 0.15) is 0 Å². The summed E-state index contributed by atoms with van der Waals surface area (Å²) in [5, 5.41) is 0. The lowest BCUT2D eigenvalue weighted by Gasteiger charge is -2.27. The van der Waals surface area contributed by atoms with Gasteiger partial charge < -0.3 is 4.90 Å². The van der Waals surface area contributed by atoms with Crippen LogP contribution in [0, 0.1) is 6.92 Å². The Balaban J connectivity index is 1.89. The second kappa shape index (κ2) is 6.69. The first kappa shape index (κ1) is 14.0. The van der Waals surface area contributed by atoms with Crippen LogP contribution < -0.4 is 0 Å². The zero-order chi connectivity index (χ0) is 13.0. The Kier molecular flexibility index (Phi) is 5.22. The van der Waals surface area contributed by atoms with E-state index in [2.05, 4.69) is 42.7 Å². The minimum absolute atomic E-state index is 0.768. The zero-order valence-corrected chi connectivity index (χ0v) is 12.8. The summed E-state index contributed by atoms with van der Waals surface area (Å²) >= 11 is 1.95. The molecular weight excluding hydrogens is 240 g/mol. The molecular formula is C15H26N2S. The number of hydrogen-bond donors (Lipinski definition) is 0. The Morgan fingerprint density at radius 3 is 2.83 bits per heavy atom. The number of nitrogens with zero attached hydrogens (tertiary/aromatic N) is 2. The Labute approximate surface area is 116 Å². The smallest absolute Gasteiger partial charge is 0.0331 e. The molecule has 102 valence electrons. The number of hydrogen-bond acceptors (Lipinski definition) is 3.